The van der Waals surface area contributed by atoms with E-state index in [9.17, 15) is 26.4 Å². The maximum atomic E-state index is 12.5. The highest BCUT2D eigenvalue weighted by Crippen LogP contribution is 2.30. The summed E-state index contributed by atoms with van der Waals surface area (Å²) in [6, 6.07) is 7.43. The van der Waals surface area contributed by atoms with Gasteiger partial charge >= 0.3 is 12.1 Å². The van der Waals surface area contributed by atoms with E-state index in [0.717, 1.165) is 30.3 Å². The van der Waals surface area contributed by atoms with Crippen molar-refractivity contribution < 1.29 is 31.1 Å². The lowest BCUT2D eigenvalue weighted by Crippen LogP contribution is -2.15. The van der Waals surface area contributed by atoms with Crippen LogP contribution in [0.1, 0.15) is 21.5 Å². The Kier molecular flexibility index (Phi) is 5.07. The fraction of sp³-hybridized carbons (Fsp3) is 0.188. The van der Waals surface area contributed by atoms with Crippen molar-refractivity contribution in [1.82, 2.24) is 0 Å². The first-order valence-electron chi connectivity index (χ1n) is 6.93. The number of hydrogen-bond acceptors (Lipinski definition) is 4. The number of nitrogens with one attached hydrogen (secondary N) is 1. The second kappa shape index (κ2) is 6.75. The Bertz CT molecular complexity index is 891. The predicted molar refractivity (Wildman–Crippen MR) is 84.8 cm³/mol. The SMILES string of the molecule is COC(=O)c1cc(S(=O)(=O)Nc2ccc(C(F)(F)F)cc2)ccc1C. The lowest BCUT2D eigenvalue weighted by molar-refractivity contribution is -0.137. The lowest BCUT2D eigenvalue weighted by atomic mass is 10.1. The van der Waals surface area contributed by atoms with Crippen LogP contribution in [0.3, 0.4) is 0 Å². The van der Waals surface area contributed by atoms with E-state index >= 15 is 0 Å². The molecule has 0 bridgehead atoms. The van der Waals surface area contributed by atoms with Crippen LogP contribution in [0.15, 0.2) is 47.4 Å². The van der Waals surface area contributed by atoms with Crippen LogP contribution >= 0.6 is 0 Å². The average Bonchev–Trinajstić information content (AvgIpc) is 2.53. The zero-order chi connectivity index (χ0) is 18.8. The average molecular weight is 373 g/mol. The maximum absolute atomic E-state index is 12.5. The van der Waals surface area contributed by atoms with E-state index in [-0.39, 0.29) is 16.1 Å². The Morgan fingerprint density at radius 1 is 1.08 bits per heavy atom. The highest BCUT2D eigenvalue weighted by atomic mass is 32.2. The van der Waals surface area contributed by atoms with Gasteiger partial charge in [-0.1, -0.05) is 6.07 Å². The van der Waals surface area contributed by atoms with E-state index in [1.807, 2.05) is 0 Å². The Balaban J connectivity index is 2.32. The quantitative estimate of drug-likeness (QED) is 0.831. The minimum atomic E-state index is -4.51. The summed E-state index contributed by atoms with van der Waals surface area (Å²) >= 11 is 0. The molecule has 0 fully saturated rings. The molecule has 0 spiro atoms. The van der Waals surface area contributed by atoms with Crippen LogP contribution in [0.2, 0.25) is 0 Å². The molecular formula is C16H14F3NO4S. The van der Waals surface area contributed by atoms with Gasteiger partial charge in [-0.25, -0.2) is 13.2 Å². The first kappa shape index (κ1) is 18.8. The molecule has 1 N–H and O–H groups in total. The number of halogens is 3. The molecule has 0 unspecified atom stereocenters. The van der Waals surface area contributed by atoms with Gasteiger partial charge in [0, 0.05) is 5.69 Å². The number of hydrogen-bond donors (Lipinski definition) is 1. The van der Waals surface area contributed by atoms with E-state index < -0.39 is 27.7 Å². The number of carbonyl (C=O) groups excluding carboxylic acids is 1. The molecule has 9 heteroatoms. The first-order chi connectivity index (χ1) is 11.5. The van der Waals surface area contributed by atoms with E-state index in [1.54, 1.807) is 6.92 Å². The minimum absolute atomic E-state index is 0.0341. The zero-order valence-corrected chi connectivity index (χ0v) is 14.0. The summed E-state index contributed by atoms with van der Waals surface area (Å²) in [5.74, 6) is -0.691. The fourth-order valence-electron chi connectivity index (χ4n) is 2.04. The van der Waals surface area contributed by atoms with Crippen LogP contribution in [0.4, 0.5) is 18.9 Å². The number of methoxy groups -OCH3 is 1. The number of esters is 1. The predicted octanol–water partition coefficient (Wildman–Crippen LogP) is 3.60. The third-order valence-corrected chi connectivity index (χ3v) is 4.77. The number of rotatable bonds is 4. The molecule has 0 atom stereocenters. The van der Waals surface area contributed by atoms with E-state index in [1.165, 1.54) is 19.2 Å². The molecule has 0 aliphatic heterocycles. The molecule has 2 aromatic rings. The van der Waals surface area contributed by atoms with E-state index in [4.69, 9.17) is 0 Å². The van der Waals surface area contributed by atoms with Gasteiger partial charge in [-0.05, 0) is 48.9 Å². The van der Waals surface area contributed by atoms with Crippen molar-refractivity contribution in [1.29, 1.82) is 0 Å². The van der Waals surface area contributed by atoms with Crippen molar-refractivity contribution in [2.24, 2.45) is 0 Å². The normalized spacial score (nSPS) is 11.9. The molecule has 0 radical (unpaired) electrons. The summed E-state index contributed by atoms with van der Waals surface area (Å²) < 4.78 is 69.1. The number of alkyl halides is 3. The van der Waals surface area contributed by atoms with Gasteiger partial charge in [0.2, 0.25) is 0 Å². The fourth-order valence-corrected chi connectivity index (χ4v) is 3.12. The van der Waals surface area contributed by atoms with Gasteiger partial charge in [-0.3, -0.25) is 4.72 Å². The smallest absolute Gasteiger partial charge is 0.416 e. The van der Waals surface area contributed by atoms with Crippen LogP contribution < -0.4 is 4.72 Å². The Hall–Kier alpha value is -2.55. The lowest BCUT2D eigenvalue weighted by Gasteiger charge is -2.12. The molecule has 0 heterocycles. The van der Waals surface area contributed by atoms with Gasteiger partial charge in [0.05, 0.1) is 23.1 Å². The maximum Gasteiger partial charge on any atom is 0.416 e. The molecule has 2 rings (SSSR count). The molecular weight excluding hydrogens is 359 g/mol. The Morgan fingerprint density at radius 3 is 2.20 bits per heavy atom. The van der Waals surface area contributed by atoms with Gasteiger partial charge in [0.1, 0.15) is 0 Å². The molecule has 134 valence electrons. The molecule has 0 aliphatic rings. The van der Waals surface area contributed by atoms with Crippen LogP contribution in [-0.2, 0) is 20.9 Å². The number of sulfonamides is 1. The highest BCUT2D eigenvalue weighted by Gasteiger charge is 2.30. The third-order valence-electron chi connectivity index (χ3n) is 3.39. The number of ether oxygens (including phenoxy) is 1. The molecule has 0 saturated heterocycles. The van der Waals surface area contributed by atoms with Gasteiger partial charge < -0.3 is 4.74 Å². The van der Waals surface area contributed by atoms with Crippen LogP contribution in [0.25, 0.3) is 0 Å². The molecule has 0 amide bonds. The number of carbonyl (C=O) groups is 1. The monoisotopic (exact) mass is 373 g/mol. The largest absolute Gasteiger partial charge is 0.465 e. The van der Waals surface area contributed by atoms with E-state index in [2.05, 4.69) is 9.46 Å². The van der Waals surface area contributed by atoms with Crippen molar-refractivity contribution in [3.05, 3.63) is 59.2 Å². The van der Waals surface area contributed by atoms with Crippen molar-refractivity contribution in [3.63, 3.8) is 0 Å². The summed E-state index contributed by atoms with van der Waals surface area (Å²) in [6.45, 7) is 1.62. The number of aryl methyl sites for hydroxylation is 1. The first-order valence-corrected chi connectivity index (χ1v) is 8.42. The summed E-state index contributed by atoms with van der Waals surface area (Å²) in [5, 5.41) is 0. The number of benzene rings is 2. The van der Waals surface area contributed by atoms with Crippen LogP contribution in [0.5, 0.6) is 0 Å². The molecule has 5 nitrogen and oxygen atoms in total. The Labute approximate surface area is 142 Å². The molecule has 0 saturated carbocycles. The molecule has 2 aromatic carbocycles. The minimum Gasteiger partial charge on any atom is -0.465 e. The van der Waals surface area contributed by atoms with Crippen molar-refractivity contribution in [2.45, 2.75) is 18.0 Å². The van der Waals surface area contributed by atoms with Gasteiger partial charge in [0.15, 0.2) is 0 Å². The van der Waals surface area contributed by atoms with Crippen molar-refractivity contribution in [2.75, 3.05) is 11.8 Å². The third kappa shape index (κ3) is 4.30. The van der Waals surface area contributed by atoms with Gasteiger partial charge in [0.25, 0.3) is 10.0 Å². The van der Waals surface area contributed by atoms with E-state index in [0.29, 0.717) is 5.56 Å². The summed E-state index contributed by atoms with van der Waals surface area (Å²) in [4.78, 5) is 11.4. The Morgan fingerprint density at radius 2 is 1.68 bits per heavy atom. The zero-order valence-electron chi connectivity index (χ0n) is 13.2. The standard InChI is InChI=1S/C16H14F3NO4S/c1-10-3-8-13(9-14(10)15(21)24-2)25(22,23)20-12-6-4-11(5-7-12)16(17,18)19/h3-9,20H,1-2H3. The summed E-state index contributed by atoms with van der Waals surface area (Å²) in [7, 11) is -2.91. The highest BCUT2D eigenvalue weighted by molar-refractivity contribution is 7.92. The van der Waals surface area contributed by atoms with Gasteiger partial charge in [-0.15, -0.1) is 0 Å². The van der Waals surface area contributed by atoms with Crippen LogP contribution in [-0.4, -0.2) is 21.5 Å². The second-order valence-corrected chi connectivity index (χ2v) is 6.83. The summed E-state index contributed by atoms with van der Waals surface area (Å²) in [5.41, 5.74) is -0.315. The van der Waals surface area contributed by atoms with Crippen molar-refractivity contribution in [3.8, 4) is 0 Å². The summed E-state index contributed by atoms with van der Waals surface area (Å²) in [6.07, 6.45) is -4.51. The molecule has 0 aromatic heterocycles. The second-order valence-electron chi connectivity index (χ2n) is 5.15. The number of anilines is 1. The molecule has 25 heavy (non-hydrogen) atoms. The van der Waals surface area contributed by atoms with Crippen LogP contribution in [0, 0.1) is 6.92 Å². The van der Waals surface area contributed by atoms with Gasteiger partial charge in [-0.2, -0.15) is 13.2 Å². The van der Waals surface area contributed by atoms with Crippen molar-refractivity contribution >= 4 is 21.7 Å². The molecule has 0 aliphatic carbocycles. The topological polar surface area (TPSA) is 72.5 Å².